The van der Waals surface area contributed by atoms with Gasteiger partial charge in [0.1, 0.15) is 17.2 Å². The molecule has 1 aliphatic heterocycles. The second-order valence-electron chi connectivity index (χ2n) is 7.48. The monoisotopic (exact) mass is 554 g/mol. The highest BCUT2D eigenvalue weighted by molar-refractivity contribution is 14.0. The molecule has 1 fully saturated rings. The predicted octanol–water partition coefficient (Wildman–Crippen LogP) is 4.05. The molecule has 176 valence electrons. The highest BCUT2D eigenvalue weighted by atomic mass is 127. The van der Waals surface area contributed by atoms with Crippen molar-refractivity contribution in [3.05, 3.63) is 48.0 Å². The Morgan fingerprint density at radius 1 is 1.03 bits per heavy atom. The van der Waals surface area contributed by atoms with E-state index >= 15 is 0 Å². The van der Waals surface area contributed by atoms with Crippen molar-refractivity contribution < 1.29 is 14.2 Å². The first-order chi connectivity index (χ1) is 15.1. The molecule has 0 saturated carbocycles. The topological polar surface area (TPSA) is 67.4 Å². The third-order valence-corrected chi connectivity index (χ3v) is 5.43. The van der Waals surface area contributed by atoms with Crippen LogP contribution in [-0.4, -0.2) is 53.0 Å². The van der Waals surface area contributed by atoms with E-state index in [-0.39, 0.29) is 24.0 Å². The first kappa shape index (κ1) is 25.9. The standard InChI is InChI=1S/C24H34N4O3.HI/c1-5-31-21-8-6-7-18(13-21)17-26-24(25-2)27-19-9-11-28(12-10-19)20-14-22(29-3)16-23(15-20)30-4;/h6-8,13-16,19H,5,9-12,17H2,1-4H3,(H2,25,26,27);1H. The van der Waals surface area contributed by atoms with Gasteiger partial charge in [-0.2, -0.15) is 0 Å². The summed E-state index contributed by atoms with van der Waals surface area (Å²) < 4.78 is 16.4. The Kier molecular flexibility index (Phi) is 10.7. The first-order valence-electron chi connectivity index (χ1n) is 10.8. The van der Waals surface area contributed by atoms with E-state index in [1.54, 1.807) is 14.2 Å². The zero-order chi connectivity index (χ0) is 22.1. The van der Waals surface area contributed by atoms with Gasteiger partial charge in [-0.05, 0) is 37.5 Å². The Labute approximate surface area is 208 Å². The average Bonchev–Trinajstić information content (AvgIpc) is 2.82. The maximum atomic E-state index is 5.58. The number of nitrogens with zero attached hydrogens (tertiary/aromatic N) is 2. The summed E-state index contributed by atoms with van der Waals surface area (Å²) in [5, 5.41) is 6.98. The molecular formula is C24H35IN4O3. The van der Waals surface area contributed by atoms with E-state index in [2.05, 4.69) is 44.8 Å². The van der Waals surface area contributed by atoms with Gasteiger partial charge in [0.2, 0.25) is 0 Å². The Morgan fingerprint density at radius 2 is 1.72 bits per heavy atom. The molecule has 3 rings (SSSR count). The Hall–Kier alpha value is -2.36. The minimum atomic E-state index is 0. The van der Waals surface area contributed by atoms with E-state index in [9.17, 15) is 0 Å². The van der Waals surface area contributed by atoms with Gasteiger partial charge in [-0.25, -0.2) is 0 Å². The molecule has 32 heavy (non-hydrogen) atoms. The number of hydrogen-bond acceptors (Lipinski definition) is 5. The number of piperidine rings is 1. The summed E-state index contributed by atoms with van der Waals surface area (Å²) >= 11 is 0. The zero-order valence-electron chi connectivity index (χ0n) is 19.4. The second kappa shape index (κ2) is 13.2. The highest BCUT2D eigenvalue weighted by Crippen LogP contribution is 2.30. The highest BCUT2D eigenvalue weighted by Gasteiger charge is 2.21. The van der Waals surface area contributed by atoms with Crippen LogP contribution in [0.3, 0.4) is 0 Å². The molecule has 1 saturated heterocycles. The van der Waals surface area contributed by atoms with Gasteiger partial charge in [-0.3, -0.25) is 4.99 Å². The number of ether oxygens (including phenoxy) is 3. The van der Waals surface area contributed by atoms with Gasteiger partial charge >= 0.3 is 0 Å². The number of aliphatic imine (C=N–C) groups is 1. The van der Waals surface area contributed by atoms with Crippen molar-refractivity contribution in [3.63, 3.8) is 0 Å². The van der Waals surface area contributed by atoms with E-state index in [0.29, 0.717) is 19.2 Å². The van der Waals surface area contributed by atoms with Crippen LogP contribution in [-0.2, 0) is 6.54 Å². The van der Waals surface area contributed by atoms with Crippen molar-refractivity contribution in [2.75, 3.05) is 45.9 Å². The van der Waals surface area contributed by atoms with Crippen LogP contribution in [0.1, 0.15) is 25.3 Å². The number of nitrogens with one attached hydrogen (secondary N) is 2. The Balaban J connectivity index is 0.00000363. The van der Waals surface area contributed by atoms with Crippen molar-refractivity contribution in [2.45, 2.75) is 32.4 Å². The van der Waals surface area contributed by atoms with Crippen molar-refractivity contribution >= 4 is 35.6 Å². The SMILES string of the molecule is CCOc1cccc(CNC(=NC)NC2CCN(c3cc(OC)cc(OC)c3)CC2)c1.I. The number of halogens is 1. The molecule has 1 heterocycles. The number of anilines is 1. The molecule has 2 N–H and O–H groups in total. The van der Waals surface area contributed by atoms with Crippen LogP contribution in [0.5, 0.6) is 17.2 Å². The molecule has 0 bridgehead atoms. The summed E-state index contributed by atoms with van der Waals surface area (Å²) in [6.45, 7) is 5.28. The molecule has 2 aromatic rings. The number of rotatable bonds is 8. The number of hydrogen-bond donors (Lipinski definition) is 2. The van der Waals surface area contributed by atoms with Crippen LogP contribution in [0.15, 0.2) is 47.5 Å². The smallest absolute Gasteiger partial charge is 0.191 e. The van der Waals surface area contributed by atoms with Crippen LogP contribution in [0.25, 0.3) is 0 Å². The molecule has 7 nitrogen and oxygen atoms in total. The van der Waals surface area contributed by atoms with Crippen molar-refractivity contribution in [1.82, 2.24) is 10.6 Å². The third kappa shape index (κ3) is 7.36. The molecule has 0 aliphatic carbocycles. The molecular weight excluding hydrogens is 519 g/mol. The van der Waals surface area contributed by atoms with E-state index in [4.69, 9.17) is 14.2 Å². The fraction of sp³-hybridized carbons (Fsp3) is 0.458. The van der Waals surface area contributed by atoms with E-state index in [1.165, 1.54) is 0 Å². The van der Waals surface area contributed by atoms with Gasteiger partial charge in [-0.1, -0.05) is 12.1 Å². The van der Waals surface area contributed by atoms with Gasteiger partial charge in [0.05, 0.1) is 20.8 Å². The second-order valence-corrected chi connectivity index (χ2v) is 7.48. The summed E-state index contributed by atoms with van der Waals surface area (Å²) in [6, 6.07) is 14.5. The Bertz CT molecular complexity index is 848. The maximum Gasteiger partial charge on any atom is 0.191 e. The number of methoxy groups -OCH3 is 2. The minimum absolute atomic E-state index is 0. The molecule has 0 aromatic heterocycles. The van der Waals surface area contributed by atoms with Crippen LogP contribution in [0.4, 0.5) is 5.69 Å². The summed E-state index contributed by atoms with van der Waals surface area (Å²) in [5.41, 5.74) is 2.29. The molecule has 0 unspecified atom stereocenters. The molecule has 0 atom stereocenters. The summed E-state index contributed by atoms with van der Waals surface area (Å²) in [7, 11) is 5.17. The van der Waals surface area contributed by atoms with E-state index < -0.39 is 0 Å². The fourth-order valence-corrected chi connectivity index (χ4v) is 3.74. The quantitative estimate of drug-likeness (QED) is 0.292. The lowest BCUT2D eigenvalue weighted by molar-refractivity contribution is 0.340. The first-order valence-corrected chi connectivity index (χ1v) is 10.8. The minimum Gasteiger partial charge on any atom is -0.497 e. The van der Waals surface area contributed by atoms with Crippen molar-refractivity contribution in [2.24, 2.45) is 4.99 Å². The normalized spacial score (nSPS) is 14.4. The predicted molar refractivity (Wildman–Crippen MR) is 141 cm³/mol. The third-order valence-electron chi connectivity index (χ3n) is 5.43. The number of guanidine groups is 1. The van der Waals surface area contributed by atoms with Gasteiger partial charge < -0.3 is 29.7 Å². The van der Waals surface area contributed by atoms with Gasteiger partial charge in [0.25, 0.3) is 0 Å². The summed E-state index contributed by atoms with van der Waals surface area (Å²) in [5.74, 6) is 3.34. The van der Waals surface area contributed by atoms with Crippen LogP contribution in [0, 0.1) is 0 Å². The molecule has 2 aromatic carbocycles. The van der Waals surface area contributed by atoms with Crippen molar-refractivity contribution in [3.8, 4) is 17.2 Å². The number of benzene rings is 2. The van der Waals surface area contributed by atoms with Crippen LogP contribution < -0.4 is 29.7 Å². The van der Waals surface area contributed by atoms with Crippen LogP contribution >= 0.6 is 24.0 Å². The lowest BCUT2D eigenvalue weighted by Crippen LogP contribution is -2.48. The summed E-state index contributed by atoms with van der Waals surface area (Å²) in [4.78, 5) is 6.77. The van der Waals surface area contributed by atoms with E-state index in [1.807, 2.05) is 32.2 Å². The molecule has 0 spiro atoms. The van der Waals surface area contributed by atoms with E-state index in [0.717, 1.165) is 60.4 Å². The Morgan fingerprint density at radius 3 is 2.31 bits per heavy atom. The van der Waals surface area contributed by atoms with Crippen LogP contribution in [0.2, 0.25) is 0 Å². The zero-order valence-corrected chi connectivity index (χ0v) is 21.7. The molecule has 1 aliphatic rings. The summed E-state index contributed by atoms with van der Waals surface area (Å²) in [6.07, 6.45) is 2.06. The lowest BCUT2D eigenvalue weighted by Gasteiger charge is -2.34. The van der Waals surface area contributed by atoms with Gasteiger partial charge in [-0.15, -0.1) is 24.0 Å². The van der Waals surface area contributed by atoms with Gasteiger partial charge in [0, 0.05) is 56.6 Å². The molecule has 0 amide bonds. The fourth-order valence-electron chi connectivity index (χ4n) is 3.74. The molecule has 8 heteroatoms. The van der Waals surface area contributed by atoms with Crippen molar-refractivity contribution in [1.29, 1.82) is 0 Å². The van der Waals surface area contributed by atoms with Gasteiger partial charge in [0.15, 0.2) is 5.96 Å². The molecule has 0 radical (unpaired) electrons. The maximum absolute atomic E-state index is 5.58. The lowest BCUT2D eigenvalue weighted by atomic mass is 10.0. The largest absolute Gasteiger partial charge is 0.497 e. The average molecular weight is 554 g/mol.